The van der Waals surface area contributed by atoms with Gasteiger partial charge in [-0.15, -0.1) is 0 Å². The minimum Gasteiger partial charge on any atom is -0.482 e. The van der Waals surface area contributed by atoms with Gasteiger partial charge in [0.25, 0.3) is 5.91 Å². The highest BCUT2D eigenvalue weighted by Gasteiger charge is 2.14. The van der Waals surface area contributed by atoms with E-state index in [1.54, 1.807) is 24.3 Å². The molecule has 6 heteroatoms. The van der Waals surface area contributed by atoms with Crippen molar-refractivity contribution in [1.82, 2.24) is 4.90 Å². The van der Waals surface area contributed by atoms with Crippen LogP contribution in [0, 0.1) is 0 Å². The van der Waals surface area contributed by atoms with Crippen LogP contribution in [0.1, 0.15) is 0 Å². The monoisotopic (exact) mass is 271 g/mol. The zero-order valence-corrected chi connectivity index (χ0v) is 10.9. The molecule has 1 rings (SSSR count). The first-order valence-electron chi connectivity index (χ1n) is 5.22. The number of hydrogen-bond acceptors (Lipinski definition) is 4. The van der Waals surface area contributed by atoms with E-state index in [1.165, 1.54) is 19.1 Å². The number of halogens is 1. The molecular weight excluding hydrogens is 258 g/mol. The smallest absolute Gasteiger partial charge is 0.325 e. The van der Waals surface area contributed by atoms with Crippen LogP contribution in [0.15, 0.2) is 24.3 Å². The predicted octanol–water partition coefficient (Wildman–Crippen LogP) is 1.35. The number of nitrogens with zero attached hydrogens (tertiary/aromatic N) is 1. The van der Waals surface area contributed by atoms with Crippen molar-refractivity contribution in [1.29, 1.82) is 0 Å². The first-order chi connectivity index (χ1) is 8.54. The molecular formula is C12H14ClNO4. The molecule has 0 saturated carbocycles. The van der Waals surface area contributed by atoms with Crippen molar-refractivity contribution in [3.05, 3.63) is 29.3 Å². The molecule has 0 heterocycles. The van der Waals surface area contributed by atoms with E-state index in [1.807, 2.05) is 0 Å². The van der Waals surface area contributed by atoms with E-state index in [0.29, 0.717) is 10.8 Å². The summed E-state index contributed by atoms with van der Waals surface area (Å²) in [5.74, 6) is -0.386. The third-order valence-corrected chi connectivity index (χ3v) is 2.52. The Morgan fingerprint density at radius 1 is 1.33 bits per heavy atom. The maximum absolute atomic E-state index is 11.6. The lowest BCUT2D eigenvalue weighted by atomic mass is 10.3. The Balaban J connectivity index is 2.46. The second-order valence-electron chi connectivity index (χ2n) is 3.55. The number of hydrogen-bond donors (Lipinski definition) is 0. The highest BCUT2D eigenvalue weighted by molar-refractivity contribution is 6.32. The lowest BCUT2D eigenvalue weighted by Gasteiger charge is -2.16. The molecule has 0 radical (unpaired) electrons. The largest absolute Gasteiger partial charge is 0.482 e. The predicted molar refractivity (Wildman–Crippen MR) is 66.6 cm³/mol. The van der Waals surface area contributed by atoms with Gasteiger partial charge in [-0.25, -0.2) is 0 Å². The molecule has 18 heavy (non-hydrogen) atoms. The van der Waals surface area contributed by atoms with Gasteiger partial charge < -0.3 is 14.4 Å². The van der Waals surface area contributed by atoms with Crippen LogP contribution in [-0.4, -0.2) is 44.1 Å². The van der Waals surface area contributed by atoms with Crippen LogP contribution in [0.2, 0.25) is 5.02 Å². The Labute approximate surface area is 110 Å². The van der Waals surface area contributed by atoms with E-state index in [9.17, 15) is 9.59 Å². The summed E-state index contributed by atoms with van der Waals surface area (Å²) in [4.78, 5) is 23.8. The second-order valence-corrected chi connectivity index (χ2v) is 3.95. The molecule has 0 aliphatic carbocycles. The molecule has 1 aromatic rings. The van der Waals surface area contributed by atoms with Gasteiger partial charge in [0.05, 0.1) is 12.1 Å². The van der Waals surface area contributed by atoms with Gasteiger partial charge in [0.2, 0.25) is 0 Å². The summed E-state index contributed by atoms with van der Waals surface area (Å²) in [5.41, 5.74) is 0. The SMILES string of the molecule is COC(=O)CN(C)C(=O)COc1ccccc1Cl. The van der Waals surface area contributed by atoms with Gasteiger partial charge in [0, 0.05) is 7.05 Å². The lowest BCUT2D eigenvalue weighted by Crippen LogP contribution is -2.35. The molecule has 0 bridgehead atoms. The van der Waals surface area contributed by atoms with Crippen molar-refractivity contribution in [3.63, 3.8) is 0 Å². The Hall–Kier alpha value is -1.75. The first-order valence-corrected chi connectivity index (χ1v) is 5.60. The summed E-state index contributed by atoms with van der Waals surface area (Å²) < 4.78 is 9.72. The summed E-state index contributed by atoms with van der Waals surface area (Å²) in [5, 5.41) is 0.431. The van der Waals surface area contributed by atoms with Crippen molar-refractivity contribution < 1.29 is 19.1 Å². The molecule has 0 aliphatic rings. The molecule has 1 aromatic carbocycles. The van der Waals surface area contributed by atoms with E-state index in [2.05, 4.69) is 4.74 Å². The molecule has 0 spiro atoms. The number of carbonyl (C=O) groups is 2. The van der Waals surface area contributed by atoms with Crippen LogP contribution >= 0.6 is 11.6 Å². The molecule has 0 N–H and O–H groups in total. The quantitative estimate of drug-likeness (QED) is 0.759. The lowest BCUT2D eigenvalue weighted by molar-refractivity contribution is -0.146. The van der Waals surface area contributed by atoms with Crippen LogP contribution in [0.4, 0.5) is 0 Å². The molecule has 0 aliphatic heterocycles. The average Bonchev–Trinajstić information content (AvgIpc) is 2.37. The van der Waals surface area contributed by atoms with E-state index >= 15 is 0 Å². The van der Waals surface area contributed by atoms with E-state index < -0.39 is 5.97 Å². The van der Waals surface area contributed by atoms with Crippen molar-refractivity contribution in [2.75, 3.05) is 27.3 Å². The molecule has 0 aromatic heterocycles. The van der Waals surface area contributed by atoms with Gasteiger partial charge in [-0.2, -0.15) is 0 Å². The van der Waals surface area contributed by atoms with Gasteiger partial charge >= 0.3 is 5.97 Å². The van der Waals surface area contributed by atoms with E-state index in [0.717, 1.165) is 0 Å². The van der Waals surface area contributed by atoms with Crippen LogP contribution in [0.5, 0.6) is 5.75 Å². The Bertz CT molecular complexity index is 436. The van der Waals surface area contributed by atoms with Crippen LogP contribution < -0.4 is 4.74 Å². The third-order valence-electron chi connectivity index (χ3n) is 2.21. The van der Waals surface area contributed by atoms with Crippen LogP contribution in [0.25, 0.3) is 0 Å². The van der Waals surface area contributed by atoms with E-state index in [-0.39, 0.29) is 19.1 Å². The summed E-state index contributed by atoms with van der Waals surface area (Å²) in [6.07, 6.45) is 0. The molecule has 5 nitrogen and oxygen atoms in total. The Kier molecular flexibility index (Phi) is 5.45. The second kappa shape index (κ2) is 6.86. The third kappa shape index (κ3) is 4.25. The number of carbonyl (C=O) groups excluding carboxylic acids is 2. The maximum Gasteiger partial charge on any atom is 0.325 e. The number of rotatable bonds is 5. The first kappa shape index (κ1) is 14.3. The minimum absolute atomic E-state index is 0.110. The number of benzene rings is 1. The standard InChI is InChI=1S/C12H14ClNO4/c1-14(7-12(16)17-2)11(15)8-18-10-6-4-3-5-9(10)13/h3-6H,7-8H2,1-2H3. The Morgan fingerprint density at radius 2 is 2.00 bits per heavy atom. The van der Waals surface area contributed by atoms with Gasteiger partial charge in [-0.05, 0) is 12.1 Å². The van der Waals surface area contributed by atoms with Crippen molar-refractivity contribution >= 4 is 23.5 Å². The fourth-order valence-corrected chi connectivity index (χ4v) is 1.35. The molecule has 98 valence electrons. The minimum atomic E-state index is -0.483. The van der Waals surface area contributed by atoms with Crippen LogP contribution in [0.3, 0.4) is 0 Å². The molecule has 1 amide bonds. The van der Waals surface area contributed by atoms with Crippen molar-refractivity contribution in [2.24, 2.45) is 0 Å². The topological polar surface area (TPSA) is 55.8 Å². The summed E-state index contributed by atoms with van der Waals surface area (Å²) in [6, 6.07) is 6.85. The molecule has 0 fully saturated rings. The van der Waals surface area contributed by atoms with Crippen molar-refractivity contribution in [2.45, 2.75) is 0 Å². The number of para-hydroxylation sites is 1. The summed E-state index contributed by atoms with van der Waals surface area (Å²) in [6.45, 7) is -0.293. The average molecular weight is 272 g/mol. The van der Waals surface area contributed by atoms with Crippen LogP contribution in [-0.2, 0) is 14.3 Å². The maximum atomic E-state index is 11.6. The number of likely N-dealkylation sites (N-methyl/N-ethyl adjacent to an activating group) is 1. The zero-order chi connectivity index (χ0) is 13.5. The highest BCUT2D eigenvalue weighted by Crippen LogP contribution is 2.22. The molecule has 0 atom stereocenters. The molecule has 0 saturated heterocycles. The number of esters is 1. The highest BCUT2D eigenvalue weighted by atomic mass is 35.5. The summed E-state index contributed by atoms with van der Waals surface area (Å²) in [7, 11) is 2.76. The number of amides is 1. The van der Waals surface area contributed by atoms with Crippen molar-refractivity contribution in [3.8, 4) is 5.75 Å². The zero-order valence-electron chi connectivity index (χ0n) is 10.2. The van der Waals surface area contributed by atoms with Gasteiger partial charge in [0.15, 0.2) is 6.61 Å². The Morgan fingerprint density at radius 3 is 2.61 bits per heavy atom. The van der Waals surface area contributed by atoms with E-state index in [4.69, 9.17) is 16.3 Å². The fourth-order valence-electron chi connectivity index (χ4n) is 1.16. The summed E-state index contributed by atoms with van der Waals surface area (Å²) >= 11 is 5.87. The van der Waals surface area contributed by atoms with Gasteiger partial charge in [-0.1, -0.05) is 23.7 Å². The van der Waals surface area contributed by atoms with Gasteiger partial charge in [-0.3, -0.25) is 9.59 Å². The molecule has 0 unspecified atom stereocenters. The van der Waals surface area contributed by atoms with Gasteiger partial charge in [0.1, 0.15) is 12.3 Å². The normalized spacial score (nSPS) is 9.72. The number of methoxy groups -OCH3 is 1. The fraction of sp³-hybridized carbons (Fsp3) is 0.333. The number of ether oxygens (including phenoxy) is 2.